The molecule has 0 saturated carbocycles. The molecule has 0 amide bonds. The molecule has 5 rings (SSSR count). The van der Waals surface area contributed by atoms with Gasteiger partial charge in [-0.15, -0.1) is 0 Å². The van der Waals surface area contributed by atoms with Gasteiger partial charge in [-0.25, -0.2) is 8.42 Å². The second-order valence-electron chi connectivity index (χ2n) is 7.65. The summed E-state index contributed by atoms with van der Waals surface area (Å²) in [6.07, 6.45) is 0. The van der Waals surface area contributed by atoms with Crippen molar-refractivity contribution in [2.24, 2.45) is 0 Å². The monoisotopic (exact) mass is 519 g/mol. The van der Waals surface area contributed by atoms with Crippen LogP contribution in [0, 0.1) is 0 Å². The molecule has 164 valence electrons. The molecule has 3 N–H and O–H groups in total. The molecule has 33 heavy (non-hydrogen) atoms. The quantitative estimate of drug-likeness (QED) is 0.232. The van der Waals surface area contributed by atoms with E-state index in [1.807, 2.05) is 18.2 Å². The minimum absolute atomic E-state index is 0.0626. The zero-order valence-corrected chi connectivity index (χ0v) is 19.6. The highest BCUT2D eigenvalue weighted by atomic mass is 79.9. The molecule has 0 aromatic heterocycles. The number of benzene rings is 5. The van der Waals surface area contributed by atoms with Crippen LogP contribution in [0.2, 0.25) is 0 Å². The lowest BCUT2D eigenvalue weighted by Gasteiger charge is -2.16. The number of rotatable bonds is 4. The van der Waals surface area contributed by atoms with Gasteiger partial charge >= 0.3 is 0 Å². The zero-order valence-electron chi connectivity index (χ0n) is 17.2. The normalized spacial score (nSPS) is 11.7. The molecule has 5 aromatic rings. The maximum Gasteiger partial charge on any atom is 0.263 e. The minimum Gasteiger partial charge on any atom is -0.508 e. The van der Waals surface area contributed by atoms with Crippen LogP contribution in [0.5, 0.6) is 11.5 Å². The highest BCUT2D eigenvalue weighted by molar-refractivity contribution is 9.10. The van der Waals surface area contributed by atoms with Crippen molar-refractivity contribution in [3.05, 3.63) is 95.5 Å². The number of anilines is 1. The molecular weight excluding hydrogens is 502 g/mol. The van der Waals surface area contributed by atoms with E-state index >= 15 is 0 Å². The summed E-state index contributed by atoms with van der Waals surface area (Å²) in [5.74, 6) is 0.236. The number of aromatic hydroxyl groups is 2. The van der Waals surface area contributed by atoms with Crippen molar-refractivity contribution in [2.75, 3.05) is 4.72 Å². The average molecular weight is 520 g/mol. The second-order valence-corrected chi connectivity index (χ2v) is 10.2. The number of phenolic OH excluding ortho intramolecular Hbond substituents is 2. The molecule has 0 aliphatic heterocycles. The number of fused-ring (bicyclic) bond motifs is 2. The van der Waals surface area contributed by atoms with Gasteiger partial charge in [0.05, 0.1) is 5.69 Å². The molecule has 0 aliphatic carbocycles. The Bertz CT molecular complexity index is 1650. The smallest absolute Gasteiger partial charge is 0.263 e. The van der Waals surface area contributed by atoms with E-state index in [9.17, 15) is 18.6 Å². The number of halogens is 1. The molecule has 7 heteroatoms. The van der Waals surface area contributed by atoms with Gasteiger partial charge in [0.25, 0.3) is 10.0 Å². The fraction of sp³-hybridized carbons (Fsp3) is 0. The van der Waals surface area contributed by atoms with Crippen LogP contribution >= 0.6 is 15.9 Å². The van der Waals surface area contributed by atoms with Gasteiger partial charge in [-0.2, -0.15) is 0 Å². The standard InChI is InChI=1S/C26H18BrNO4S/c27-23-7-3-4-8-25(23)33(31,32)28-24-15-22(26(30)21-6-2-1-5-20(21)24)18-10-9-17-14-19(29)12-11-16(17)13-18/h1-15,28-30H. The highest BCUT2D eigenvalue weighted by Gasteiger charge is 2.21. The Balaban J connectivity index is 1.70. The van der Waals surface area contributed by atoms with Crippen LogP contribution in [0.3, 0.4) is 0 Å². The highest BCUT2D eigenvalue weighted by Crippen LogP contribution is 2.42. The number of hydrogen-bond donors (Lipinski definition) is 3. The predicted octanol–water partition coefficient (Wildman–Crippen LogP) is 6.63. The van der Waals surface area contributed by atoms with E-state index in [1.54, 1.807) is 66.7 Å². The molecule has 0 fully saturated rings. The van der Waals surface area contributed by atoms with Gasteiger partial charge in [-0.1, -0.05) is 54.6 Å². The lowest BCUT2D eigenvalue weighted by Crippen LogP contribution is -2.14. The number of sulfonamides is 1. The number of hydrogen-bond acceptors (Lipinski definition) is 4. The summed E-state index contributed by atoms with van der Waals surface area (Å²) in [7, 11) is -3.89. The fourth-order valence-corrected chi connectivity index (χ4v) is 6.00. The predicted molar refractivity (Wildman–Crippen MR) is 135 cm³/mol. The second kappa shape index (κ2) is 8.10. The minimum atomic E-state index is -3.89. The first kappa shape index (κ1) is 21.3. The SMILES string of the molecule is O=S(=O)(Nc1cc(-c2ccc3cc(O)ccc3c2)c(O)c2ccccc12)c1ccccc1Br. The molecule has 5 nitrogen and oxygen atoms in total. The van der Waals surface area contributed by atoms with Crippen molar-refractivity contribution < 1.29 is 18.6 Å². The van der Waals surface area contributed by atoms with Crippen LogP contribution in [-0.4, -0.2) is 18.6 Å². The van der Waals surface area contributed by atoms with Crippen molar-refractivity contribution in [1.82, 2.24) is 0 Å². The largest absolute Gasteiger partial charge is 0.508 e. The van der Waals surface area contributed by atoms with E-state index in [1.165, 1.54) is 6.07 Å². The van der Waals surface area contributed by atoms with Gasteiger partial charge in [0, 0.05) is 20.8 Å². The molecule has 0 aliphatic rings. The summed E-state index contributed by atoms with van der Waals surface area (Å²) in [5.41, 5.74) is 1.58. The van der Waals surface area contributed by atoms with Crippen molar-refractivity contribution in [1.29, 1.82) is 0 Å². The van der Waals surface area contributed by atoms with E-state index in [2.05, 4.69) is 20.7 Å². The third-order valence-electron chi connectivity index (χ3n) is 5.52. The third kappa shape index (κ3) is 3.90. The van der Waals surface area contributed by atoms with Gasteiger partial charge < -0.3 is 10.2 Å². The summed E-state index contributed by atoms with van der Waals surface area (Å²) >= 11 is 3.31. The van der Waals surface area contributed by atoms with Gasteiger partial charge in [0.15, 0.2) is 0 Å². The van der Waals surface area contributed by atoms with Crippen LogP contribution < -0.4 is 4.72 Å². The Morgan fingerprint density at radius 1 is 0.727 bits per heavy atom. The van der Waals surface area contributed by atoms with E-state index in [0.29, 0.717) is 26.5 Å². The van der Waals surface area contributed by atoms with Gasteiger partial charge in [-0.3, -0.25) is 4.72 Å². The summed E-state index contributed by atoms with van der Waals surface area (Å²) in [5, 5.41) is 23.7. The van der Waals surface area contributed by atoms with Crippen molar-refractivity contribution in [2.45, 2.75) is 4.90 Å². The fourth-order valence-electron chi connectivity index (χ4n) is 3.93. The molecule has 0 bridgehead atoms. The molecule has 0 atom stereocenters. The van der Waals surface area contributed by atoms with Crippen molar-refractivity contribution >= 4 is 53.2 Å². The van der Waals surface area contributed by atoms with Crippen LogP contribution in [-0.2, 0) is 10.0 Å². The van der Waals surface area contributed by atoms with E-state index in [-0.39, 0.29) is 16.4 Å². The van der Waals surface area contributed by atoms with Gasteiger partial charge in [0.1, 0.15) is 16.4 Å². The average Bonchev–Trinajstić information content (AvgIpc) is 2.81. The molecule has 0 saturated heterocycles. The molecule has 0 heterocycles. The Morgan fingerprint density at radius 2 is 1.39 bits per heavy atom. The molecule has 0 unspecified atom stereocenters. The number of phenols is 2. The maximum absolute atomic E-state index is 13.2. The Labute approximate surface area is 199 Å². The van der Waals surface area contributed by atoms with Gasteiger partial charge in [-0.05, 0) is 68.7 Å². The van der Waals surface area contributed by atoms with Crippen molar-refractivity contribution in [3.8, 4) is 22.6 Å². The first-order valence-electron chi connectivity index (χ1n) is 10.1. The molecular formula is C26H18BrNO4S. The Hall–Kier alpha value is -3.55. The van der Waals surface area contributed by atoms with Crippen molar-refractivity contribution in [3.63, 3.8) is 0 Å². The third-order valence-corrected chi connectivity index (χ3v) is 7.90. The van der Waals surface area contributed by atoms with E-state index in [4.69, 9.17) is 0 Å². The lowest BCUT2D eigenvalue weighted by molar-refractivity contribution is 0.476. The topological polar surface area (TPSA) is 86.6 Å². The van der Waals surface area contributed by atoms with Crippen LogP contribution in [0.25, 0.3) is 32.7 Å². The summed E-state index contributed by atoms with van der Waals surface area (Å²) in [6, 6.07) is 26.0. The van der Waals surface area contributed by atoms with E-state index in [0.717, 1.165) is 16.3 Å². The zero-order chi connectivity index (χ0) is 23.2. The Morgan fingerprint density at radius 3 is 2.18 bits per heavy atom. The first-order chi connectivity index (χ1) is 15.8. The Kier molecular flexibility index (Phi) is 5.23. The lowest BCUT2D eigenvalue weighted by atomic mass is 9.96. The first-order valence-corrected chi connectivity index (χ1v) is 12.4. The number of nitrogens with one attached hydrogen (secondary N) is 1. The molecule has 0 radical (unpaired) electrons. The summed E-state index contributed by atoms with van der Waals surface area (Å²) in [6.45, 7) is 0. The molecule has 5 aromatic carbocycles. The summed E-state index contributed by atoms with van der Waals surface area (Å²) in [4.78, 5) is 0.120. The van der Waals surface area contributed by atoms with Crippen LogP contribution in [0.15, 0.2) is 100 Å². The molecule has 0 spiro atoms. The van der Waals surface area contributed by atoms with Crippen LogP contribution in [0.4, 0.5) is 5.69 Å². The van der Waals surface area contributed by atoms with Gasteiger partial charge in [0.2, 0.25) is 0 Å². The maximum atomic E-state index is 13.2. The van der Waals surface area contributed by atoms with Crippen LogP contribution in [0.1, 0.15) is 0 Å². The van der Waals surface area contributed by atoms with E-state index < -0.39 is 10.0 Å². The summed E-state index contributed by atoms with van der Waals surface area (Å²) < 4.78 is 29.5.